The van der Waals surface area contributed by atoms with Gasteiger partial charge in [-0.3, -0.25) is 0 Å². The van der Waals surface area contributed by atoms with Crippen LogP contribution in [0.4, 0.5) is 5.69 Å². The van der Waals surface area contributed by atoms with Crippen molar-refractivity contribution in [2.75, 3.05) is 12.4 Å². The largest absolute Gasteiger partial charge is 0.464 e. The molecule has 2 aromatic rings. The van der Waals surface area contributed by atoms with E-state index in [4.69, 9.17) is 11.6 Å². The summed E-state index contributed by atoms with van der Waals surface area (Å²) in [4.78, 5) is 11.6. The predicted octanol–water partition coefficient (Wildman–Crippen LogP) is 3.15. The Morgan fingerprint density at radius 3 is 2.67 bits per heavy atom. The normalized spacial score (nSPS) is 10.3. The summed E-state index contributed by atoms with van der Waals surface area (Å²) in [5, 5.41) is 10.8. The smallest absolute Gasteiger partial charge is 0.360 e. The first kappa shape index (κ1) is 15.3. The van der Waals surface area contributed by atoms with Crippen LogP contribution in [0, 0.1) is 13.8 Å². The summed E-state index contributed by atoms with van der Waals surface area (Å²) in [5.74, 6) is -0.554. The molecule has 1 aromatic heterocycles. The highest BCUT2D eigenvalue weighted by molar-refractivity contribution is 6.29. The van der Waals surface area contributed by atoms with Crippen molar-refractivity contribution in [2.24, 2.45) is 0 Å². The summed E-state index contributed by atoms with van der Waals surface area (Å²) in [6.45, 7) is 4.67. The number of halogens is 1. The Morgan fingerprint density at radius 1 is 1.24 bits per heavy atom. The number of ether oxygens (including phenoxy) is 1. The zero-order chi connectivity index (χ0) is 15.4. The number of hydrogen-bond acceptors (Lipinski definition) is 5. The van der Waals surface area contributed by atoms with E-state index in [0.29, 0.717) is 12.2 Å². The number of rotatable bonds is 4. The highest BCUT2D eigenvalue weighted by Crippen LogP contribution is 2.19. The quantitative estimate of drug-likeness (QED) is 0.879. The summed E-state index contributed by atoms with van der Waals surface area (Å²) in [7, 11) is 1.30. The fourth-order valence-corrected chi connectivity index (χ4v) is 2.01. The molecule has 0 aliphatic heterocycles. The van der Waals surface area contributed by atoms with Gasteiger partial charge in [-0.05, 0) is 30.5 Å². The van der Waals surface area contributed by atoms with Gasteiger partial charge in [-0.15, -0.1) is 10.2 Å². The van der Waals surface area contributed by atoms with Crippen LogP contribution in [0.3, 0.4) is 0 Å². The van der Waals surface area contributed by atoms with E-state index in [0.717, 1.165) is 5.56 Å². The standard InChI is InChI=1S/C15H16ClN3O2/c1-9-4-5-11(6-10(9)2)8-17-12-7-13(16)18-19-14(12)15(20)21-3/h4-7H,8H2,1-3H3,(H,17,18). The summed E-state index contributed by atoms with van der Waals surface area (Å²) >= 11 is 5.83. The van der Waals surface area contributed by atoms with Gasteiger partial charge in [-0.1, -0.05) is 29.8 Å². The zero-order valence-electron chi connectivity index (χ0n) is 12.1. The zero-order valence-corrected chi connectivity index (χ0v) is 12.9. The highest BCUT2D eigenvalue weighted by Gasteiger charge is 2.15. The van der Waals surface area contributed by atoms with E-state index < -0.39 is 5.97 Å². The van der Waals surface area contributed by atoms with E-state index in [-0.39, 0.29) is 10.8 Å². The van der Waals surface area contributed by atoms with E-state index in [1.165, 1.54) is 18.2 Å². The predicted molar refractivity (Wildman–Crippen MR) is 81.6 cm³/mol. The van der Waals surface area contributed by atoms with Crippen molar-refractivity contribution in [1.82, 2.24) is 10.2 Å². The van der Waals surface area contributed by atoms with Gasteiger partial charge in [0.1, 0.15) is 0 Å². The minimum atomic E-state index is -0.554. The van der Waals surface area contributed by atoms with Crippen molar-refractivity contribution in [3.8, 4) is 0 Å². The molecule has 6 heteroatoms. The lowest BCUT2D eigenvalue weighted by Crippen LogP contribution is -2.11. The molecular formula is C15H16ClN3O2. The number of nitrogens with one attached hydrogen (secondary N) is 1. The maximum absolute atomic E-state index is 11.6. The second-order valence-corrected chi connectivity index (χ2v) is 5.08. The van der Waals surface area contributed by atoms with Gasteiger partial charge < -0.3 is 10.1 Å². The number of aryl methyl sites for hydroxylation is 2. The van der Waals surface area contributed by atoms with Crippen LogP contribution < -0.4 is 5.32 Å². The number of carbonyl (C=O) groups excluding carboxylic acids is 1. The molecule has 2 rings (SSSR count). The summed E-state index contributed by atoms with van der Waals surface area (Å²) in [6.07, 6.45) is 0. The number of anilines is 1. The minimum absolute atomic E-state index is 0.116. The fourth-order valence-electron chi connectivity index (χ4n) is 1.86. The van der Waals surface area contributed by atoms with E-state index in [2.05, 4.69) is 46.2 Å². The molecular weight excluding hydrogens is 290 g/mol. The van der Waals surface area contributed by atoms with Gasteiger partial charge in [0.15, 0.2) is 10.8 Å². The first-order valence-corrected chi connectivity index (χ1v) is 6.80. The molecule has 21 heavy (non-hydrogen) atoms. The number of hydrogen-bond donors (Lipinski definition) is 1. The van der Waals surface area contributed by atoms with E-state index >= 15 is 0 Å². The third-order valence-corrected chi connectivity index (χ3v) is 3.38. The second kappa shape index (κ2) is 6.54. The fraction of sp³-hybridized carbons (Fsp3) is 0.267. The molecule has 0 bridgehead atoms. The van der Waals surface area contributed by atoms with Gasteiger partial charge in [-0.2, -0.15) is 0 Å². The molecule has 0 saturated carbocycles. The molecule has 0 spiro atoms. The topological polar surface area (TPSA) is 64.1 Å². The minimum Gasteiger partial charge on any atom is -0.464 e. The van der Waals surface area contributed by atoms with Gasteiger partial charge in [0, 0.05) is 12.6 Å². The summed E-state index contributed by atoms with van der Waals surface area (Å²) in [6, 6.07) is 7.74. The SMILES string of the molecule is COC(=O)c1nnc(Cl)cc1NCc1ccc(C)c(C)c1. The number of carbonyl (C=O) groups is 1. The van der Waals surface area contributed by atoms with Crippen molar-refractivity contribution >= 4 is 23.3 Å². The van der Waals surface area contributed by atoms with E-state index in [1.54, 1.807) is 6.07 Å². The van der Waals surface area contributed by atoms with Crippen LogP contribution in [-0.4, -0.2) is 23.3 Å². The second-order valence-electron chi connectivity index (χ2n) is 4.69. The first-order chi connectivity index (χ1) is 10.0. The molecule has 0 atom stereocenters. The Morgan fingerprint density at radius 2 is 2.00 bits per heavy atom. The average Bonchev–Trinajstić information content (AvgIpc) is 2.48. The number of aromatic nitrogens is 2. The Hall–Kier alpha value is -2.14. The molecule has 1 heterocycles. The van der Waals surface area contributed by atoms with Gasteiger partial charge >= 0.3 is 5.97 Å². The average molecular weight is 306 g/mol. The number of methoxy groups -OCH3 is 1. The van der Waals surface area contributed by atoms with Crippen molar-refractivity contribution in [1.29, 1.82) is 0 Å². The Labute approximate surface area is 128 Å². The molecule has 5 nitrogen and oxygen atoms in total. The first-order valence-electron chi connectivity index (χ1n) is 6.43. The lowest BCUT2D eigenvalue weighted by atomic mass is 10.1. The lowest BCUT2D eigenvalue weighted by Gasteiger charge is -2.11. The molecule has 0 unspecified atom stereocenters. The monoisotopic (exact) mass is 305 g/mol. The van der Waals surface area contributed by atoms with Crippen molar-refractivity contribution in [2.45, 2.75) is 20.4 Å². The Balaban J connectivity index is 2.20. The third-order valence-electron chi connectivity index (χ3n) is 3.20. The Bertz CT molecular complexity index is 674. The van der Waals surface area contributed by atoms with Gasteiger partial charge in [0.05, 0.1) is 12.8 Å². The molecule has 1 N–H and O–H groups in total. The summed E-state index contributed by atoms with van der Waals surface area (Å²) < 4.78 is 4.68. The van der Waals surface area contributed by atoms with Crippen molar-refractivity contribution < 1.29 is 9.53 Å². The molecule has 0 aliphatic rings. The van der Waals surface area contributed by atoms with Gasteiger partial charge in [0.2, 0.25) is 0 Å². The van der Waals surface area contributed by atoms with E-state index in [9.17, 15) is 4.79 Å². The number of esters is 1. The Kier molecular flexibility index (Phi) is 4.75. The van der Waals surface area contributed by atoms with Crippen LogP contribution >= 0.6 is 11.6 Å². The maximum atomic E-state index is 11.6. The summed E-state index contributed by atoms with van der Waals surface area (Å²) in [5.41, 5.74) is 4.17. The lowest BCUT2D eigenvalue weighted by molar-refractivity contribution is 0.0594. The van der Waals surface area contributed by atoms with Crippen LogP contribution in [0.25, 0.3) is 0 Å². The van der Waals surface area contributed by atoms with Crippen LogP contribution in [-0.2, 0) is 11.3 Å². The molecule has 0 aliphatic carbocycles. The maximum Gasteiger partial charge on any atom is 0.360 e. The molecule has 0 radical (unpaired) electrons. The highest BCUT2D eigenvalue weighted by atomic mass is 35.5. The molecule has 1 aromatic carbocycles. The molecule has 0 saturated heterocycles. The van der Waals surface area contributed by atoms with Crippen LogP contribution in [0.1, 0.15) is 27.2 Å². The van der Waals surface area contributed by atoms with Gasteiger partial charge in [-0.25, -0.2) is 4.79 Å². The van der Waals surface area contributed by atoms with Crippen LogP contribution in [0.15, 0.2) is 24.3 Å². The van der Waals surface area contributed by atoms with Crippen molar-refractivity contribution in [3.63, 3.8) is 0 Å². The molecule has 0 fully saturated rings. The van der Waals surface area contributed by atoms with Crippen LogP contribution in [0.5, 0.6) is 0 Å². The molecule has 110 valence electrons. The number of benzene rings is 1. The van der Waals surface area contributed by atoms with Crippen molar-refractivity contribution in [3.05, 3.63) is 51.8 Å². The van der Waals surface area contributed by atoms with Crippen LogP contribution in [0.2, 0.25) is 5.15 Å². The number of nitrogens with zero attached hydrogens (tertiary/aromatic N) is 2. The van der Waals surface area contributed by atoms with Gasteiger partial charge in [0.25, 0.3) is 0 Å². The molecule has 0 amide bonds. The third kappa shape index (κ3) is 3.70. The van der Waals surface area contributed by atoms with E-state index in [1.807, 2.05) is 6.07 Å².